The molecule has 1 aliphatic heterocycles. The van der Waals surface area contributed by atoms with Gasteiger partial charge in [0, 0.05) is 29.8 Å². The number of fused-ring (bicyclic) bond motifs is 1. The predicted molar refractivity (Wildman–Crippen MR) is 168 cm³/mol. The first-order valence-corrected chi connectivity index (χ1v) is 17.4. The fraction of sp³-hybridized carbons (Fsp3) is 0.419. The first-order valence-electron chi connectivity index (χ1n) is 15.0. The largest absolute Gasteiger partial charge is 0.377 e. The molecular weight excluding hydrogens is 601 g/mol. The molecule has 1 saturated heterocycles. The molecule has 0 spiro atoms. The van der Waals surface area contributed by atoms with Gasteiger partial charge in [-0.05, 0) is 73.5 Å². The molecule has 2 aliphatic rings. The topological polar surface area (TPSA) is 136 Å². The SMILES string of the molecule is O=C(NC1CCCCC1)C(c1cccs1)N(C(=O)Cn1nnc2ccccc21)c1ccc(S(=O)(=O)NCC2CCCO2)cc1. The second kappa shape index (κ2) is 13.6. The number of benzene rings is 2. The zero-order chi connectivity index (χ0) is 30.5. The van der Waals surface area contributed by atoms with Crippen molar-refractivity contribution in [3.8, 4) is 0 Å². The number of amides is 2. The van der Waals surface area contributed by atoms with E-state index >= 15 is 0 Å². The number of nitrogens with zero attached hydrogens (tertiary/aromatic N) is 4. The maximum atomic E-state index is 14.2. The highest BCUT2D eigenvalue weighted by Crippen LogP contribution is 2.33. The van der Waals surface area contributed by atoms with Crippen molar-refractivity contribution >= 4 is 49.9 Å². The lowest BCUT2D eigenvalue weighted by Gasteiger charge is -2.33. The summed E-state index contributed by atoms with van der Waals surface area (Å²) in [4.78, 5) is 30.5. The summed E-state index contributed by atoms with van der Waals surface area (Å²) in [6.45, 7) is 0.666. The van der Waals surface area contributed by atoms with E-state index in [0.717, 1.165) is 44.9 Å². The van der Waals surface area contributed by atoms with Gasteiger partial charge in [0.1, 0.15) is 18.1 Å². The Morgan fingerprint density at radius 1 is 1.00 bits per heavy atom. The molecule has 3 heterocycles. The molecular formula is C31H36N6O5S2. The predicted octanol–water partition coefficient (Wildman–Crippen LogP) is 4.17. The Balaban J connectivity index is 1.33. The molecule has 2 fully saturated rings. The van der Waals surface area contributed by atoms with Crippen LogP contribution in [0.3, 0.4) is 0 Å². The van der Waals surface area contributed by atoms with Gasteiger partial charge < -0.3 is 10.1 Å². The number of anilines is 1. The molecule has 4 aromatic rings. The lowest BCUT2D eigenvalue weighted by atomic mass is 9.95. The summed E-state index contributed by atoms with van der Waals surface area (Å²) in [5.74, 6) is -0.656. The molecule has 6 rings (SSSR count). The van der Waals surface area contributed by atoms with E-state index in [-0.39, 0.29) is 41.9 Å². The zero-order valence-electron chi connectivity index (χ0n) is 24.3. The third-order valence-electron chi connectivity index (χ3n) is 8.19. The molecule has 44 heavy (non-hydrogen) atoms. The van der Waals surface area contributed by atoms with Crippen LogP contribution in [0.5, 0.6) is 0 Å². The number of rotatable bonds is 11. The Morgan fingerprint density at radius 2 is 1.80 bits per heavy atom. The molecule has 0 bridgehead atoms. The van der Waals surface area contributed by atoms with Crippen molar-refractivity contribution in [2.45, 2.75) is 74.6 Å². The van der Waals surface area contributed by atoms with Crippen LogP contribution in [0.15, 0.2) is 70.9 Å². The average molecular weight is 637 g/mol. The van der Waals surface area contributed by atoms with Crippen molar-refractivity contribution in [1.82, 2.24) is 25.0 Å². The molecule has 232 valence electrons. The molecule has 2 N–H and O–H groups in total. The normalized spacial score (nSPS) is 18.3. The monoisotopic (exact) mass is 636 g/mol. The molecule has 1 saturated carbocycles. The molecule has 11 nitrogen and oxygen atoms in total. The zero-order valence-corrected chi connectivity index (χ0v) is 25.9. The number of hydrogen-bond acceptors (Lipinski definition) is 8. The highest BCUT2D eigenvalue weighted by atomic mass is 32.2. The molecule has 13 heteroatoms. The van der Waals surface area contributed by atoms with E-state index in [1.807, 2.05) is 41.8 Å². The summed E-state index contributed by atoms with van der Waals surface area (Å²) in [6.07, 6.45) is 6.62. The highest BCUT2D eigenvalue weighted by Gasteiger charge is 2.35. The van der Waals surface area contributed by atoms with Gasteiger partial charge in [0.2, 0.25) is 21.8 Å². The maximum Gasteiger partial charge on any atom is 0.249 e. The lowest BCUT2D eigenvalue weighted by Crippen LogP contribution is -2.48. The first-order chi connectivity index (χ1) is 21.4. The van der Waals surface area contributed by atoms with Gasteiger partial charge in [-0.2, -0.15) is 0 Å². The third kappa shape index (κ3) is 6.85. The van der Waals surface area contributed by atoms with E-state index in [4.69, 9.17) is 4.74 Å². The van der Waals surface area contributed by atoms with Gasteiger partial charge in [-0.3, -0.25) is 14.5 Å². The van der Waals surface area contributed by atoms with Crippen LogP contribution >= 0.6 is 11.3 Å². The smallest absolute Gasteiger partial charge is 0.249 e. The minimum atomic E-state index is -3.81. The summed E-state index contributed by atoms with van der Waals surface area (Å²) >= 11 is 1.39. The molecule has 2 unspecified atom stereocenters. The van der Waals surface area contributed by atoms with Crippen LogP contribution in [0.2, 0.25) is 0 Å². The van der Waals surface area contributed by atoms with Crippen LogP contribution in [-0.2, 0) is 30.9 Å². The Morgan fingerprint density at radius 3 is 2.52 bits per heavy atom. The standard InChI is InChI=1S/C31H36N6O5S2/c38-29(21-36-27-12-5-4-11-26(27)34-35-36)37(30(28-13-7-19-43-28)31(39)33-22-8-2-1-3-9-22)23-14-16-25(17-15-23)44(40,41)32-20-24-10-6-18-42-24/h4-5,7,11-17,19,22,24,30,32H,1-3,6,8-10,18,20-21H2,(H,33,39). The summed E-state index contributed by atoms with van der Waals surface area (Å²) in [6, 6.07) is 16.2. The Hall–Kier alpha value is -3.65. The van der Waals surface area contributed by atoms with Gasteiger partial charge in [-0.25, -0.2) is 17.8 Å². The number of thiophene rings is 1. The summed E-state index contributed by atoms with van der Waals surface area (Å²) < 4.78 is 35.8. The van der Waals surface area contributed by atoms with Crippen LogP contribution in [-0.4, -0.2) is 60.5 Å². The fourth-order valence-corrected chi connectivity index (χ4v) is 7.78. The van der Waals surface area contributed by atoms with Gasteiger partial charge in [-0.1, -0.05) is 42.7 Å². The van der Waals surface area contributed by atoms with Crippen molar-refractivity contribution in [1.29, 1.82) is 0 Å². The number of nitrogens with one attached hydrogen (secondary N) is 2. The number of sulfonamides is 1. The fourth-order valence-electron chi connectivity index (χ4n) is 5.90. The van der Waals surface area contributed by atoms with Crippen LogP contribution in [0.25, 0.3) is 11.0 Å². The Labute approximate surface area is 260 Å². The number of carbonyl (C=O) groups is 2. The van der Waals surface area contributed by atoms with E-state index in [9.17, 15) is 18.0 Å². The quantitative estimate of drug-likeness (QED) is 0.252. The Bertz CT molecular complexity index is 1680. The number of ether oxygens (including phenoxy) is 1. The average Bonchev–Trinajstić information content (AvgIpc) is 3.83. The van der Waals surface area contributed by atoms with Gasteiger partial charge in [0.15, 0.2) is 0 Å². The van der Waals surface area contributed by atoms with Crippen molar-refractivity contribution in [2.75, 3.05) is 18.1 Å². The van der Waals surface area contributed by atoms with Crippen LogP contribution < -0.4 is 14.9 Å². The Kier molecular flexibility index (Phi) is 9.36. The number of aromatic nitrogens is 3. The van der Waals surface area contributed by atoms with Crippen LogP contribution in [0.1, 0.15) is 55.9 Å². The molecule has 2 amide bonds. The van der Waals surface area contributed by atoms with Crippen molar-refractivity contribution in [2.24, 2.45) is 0 Å². The summed E-state index contributed by atoms with van der Waals surface area (Å²) in [7, 11) is -3.81. The van der Waals surface area contributed by atoms with E-state index in [1.165, 1.54) is 33.1 Å². The lowest BCUT2D eigenvalue weighted by molar-refractivity contribution is -0.127. The van der Waals surface area contributed by atoms with Crippen molar-refractivity contribution in [3.05, 3.63) is 70.9 Å². The minimum Gasteiger partial charge on any atom is -0.377 e. The summed E-state index contributed by atoms with van der Waals surface area (Å²) in [5, 5.41) is 13.4. The molecule has 2 atom stereocenters. The number of para-hydroxylation sites is 1. The molecule has 2 aromatic carbocycles. The van der Waals surface area contributed by atoms with E-state index in [2.05, 4.69) is 20.4 Å². The second-order valence-electron chi connectivity index (χ2n) is 11.2. The summed E-state index contributed by atoms with van der Waals surface area (Å²) in [5.41, 5.74) is 1.75. The maximum absolute atomic E-state index is 14.2. The highest BCUT2D eigenvalue weighted by molar-refractivity contribution is 7.89. The van der Waals surface area contributed by atoms with E-state index < -0.39 is 16.1 Å². The molecule has 1 aliphatic carbocycles. The van der Waals surface area contributed by atoms with Crippen LogP contribution in [0, 0.1) is 0 Å². The van der Waals surface area contributed by atoms with E-state index in [1.54, 1.807) is 12.1 Å². The number of hydrogen-bond donors (Lipinski definition) is 2. The van der Waals surface area contributed by atoms with Gasteiger partial charge in [-0.15, -0.1) is 16.4 Å². The van der Waals surface area contributed by atoms with Gasteiger partial charge in [0.25, 0.3) is 0 Å². The minimum absolute atomic E-state index is 0.0392. The first kappa shape index (κ1) is 30.4. The van der Waals surface area contributed by atoms with Gasteiger partial charge in [0.05, 0.1) is 16.5 Å². The van der Waals surface area contributed by atoms with E-state index in [0.29, 0.717) is 28.2 Å². The third-order valence-corrected chi connectivity index (χ3v) is 10.6. The molecule has 2 aromatic heterocycles. The van der Waals surface area contributed by atoms with Gasteiger partial charge >= 0.3 is 0 Å². The molecule has 0 radical (unpaired) electrons. The van der Waals surface area contributed by atoms with Crippen molar-refractivity contribution in [3.63, 3.8) is 0 Å². The van der Waals surface area contributed by atoms with Crippen LogP contribution in [0.4, 0.5) is 5.69 Å². The second-order valence-corrected chi connectivity index (χ2v) is 14.0. The number of carbonyl (C=O) groups excluding carboxylic acids is 2. The van der Waals surface area contributed by atoms with Crippen molar-refractivity contribution < 1.29 is 22.7 Å².